The summed E-state index contributed by atoms with van der Waals surface area (Å²) in [5, 5.41) is 3.25. The van der Waals surface area contributed by atoms with E-state index in [-0.39, 0.29) is 24.0 Å². The molecule has 2 heterocycles. The topological polar surface area (TPSA) is 78.6 Å². The highest BCUT2D eigenvalue weighted by molar-refractivity contribution is 14.0. The van der Waals surface area contributed by atoms with E-state index in [1.807, 2.05) is 12.1 Å². The van der Waals surface area contributed by atoms with Gasteiger partial charge in [-0.25, -0.2) is 0 Å². The van der Waals surface area contributed by atoms with Crippen LogP contribution in [-0.2, 0) is 4.74 Å². The van der Waals surface area contributed by atoms with Crippen molar-refractivity contribution >= 4 is 35.6 Å². The number of rotatable bonds is 10. The second-order valence-corrected chi connectivity index (χ2v) is 7.88. The number of halogens is 1. The summed E-state index contributed by atoms with van der Waals surface area (Å²) in [7, 11) is 1.70. The molecule has 0 bridgehead atoms. The summed E-state index contributed by atoms with van der Waals surface area (Å²) in [6.07, 6.45) is 2.12. The van der Waals surface area contributed by atoms with Gasteiger partial charge in [0.25, 0.3) is 0 Å². The van der Waals surface area contributed by atoms with Crippen LogP contribution in [0.2, 0.25) is 0 Å². The predicted octanol–water partition coefficient (Wildman–Crippen LogP) is 1.45. The quantitative estimate of drug-likeness (QED) is 0.199. The first kappa shape index (κ1) is 26.0. The van der Waals surface area contributed by atoms with E-state index in [4.69, 9.17) is 15.2 Å². The van der Waals surface area contributed by atoms with Crippen LogP contribution in [0.15, 0.2) is 29.3 Å². The zero-order valence-corrected chi connectivity index (χ0v) is 21.1. The predicted molar refractivity (Wildman–Crippen MR) is 138 cm³/mol. The van der Waals surface area contributed by atoms with Crippen molar-refractivity contribution in [2.75, 3.05) is 90.7 Å². The lowest BCUT2D eigenvalue weighted by atomic mass is 10.2. The van der Waals surface area contributed by atoms with E-state index >= 15 is 0 Å². The Hall–Kier alpha value is -1.30. The molecule has 0 aromatic heterocycles. The molecular weight excluding hydrogens is 507 g/mol. The van der Waals surface area contributed by atoms with Crippen LogP contribution in [0.3, 0.4) is 0 Å². The van der Waals surface area contributed by atoms with Crippen molar-refractivity contribution in [2.24, 2.45) is 10.7 Å². The highest BCUT2D eigenvalue weighted by Gasteiger charge is 2.16. The minimum absolute atomic E-state index is 0. The number of morpholine rings is 1. The van der Waals surface area contributed by atoms with Gasteiger partial charge in [-0.1, -0.05) is 0 Å². The molecule has 9 heteroatoms. The molecule has 0 spiro atoms. The Balaban J connectivity index is 0.00000341. The summed E-state index contributed by atoms with van der Waals surface area (Å²) in [6.45, 7) is 11.9. The average Bonchev–Trinajstić information content (AvgIpc) is 2.81. The lowest BCUT2D eigenvalue weighted by Crippen LogP contribution is -2.47. The van der Waals surface area contributed by atoms with Gasteiger partial charge in [-0.3, -0.25) is 14.8 Å². The van der Waals surface area contributed by atoms with E-state index in [0.717, 1.165) is 97.3 Å². The number of benzene rings is 1. The van der Waals surface area contributed by atoms with E-state index in [0.29, 0.717) is 5.96 Å². The second kappa shape index (κ2) is 14.7. The Kier molecular flexibility index (Phi) is 12.3. The maximum absolute atomic E-state index is 5.99. The number of ether oxygens (including phenoxy) is 2. The summed E-state index contributed by atoms with van der Waals surface area (Å²) >= 11 is 0. The maximum Gasteiger partial charge on any atom is 0.188 e. The van der Waals surface area contributed by atoms with Gasteiger partial charge in [0, 0.05) is 64.6 Å². The fourth-order valence-electron chi connectivity index (χ4n) is 3.92. The second-order valence-electron chi connectivity index (χ2n) is 7.88. The molecule has 3 rings (SSSR count). The Morgan fingerprint density at radius 3 is 2.32 bits per heavy atom. The van der Waals surface area contributed by atoms with Crippen LogP contribution in [0.1, 0.15) is 12.8 Å². The monoisotopic (exact) mass is 546 g/mol. The van der Waals surface area contributed by atoms with Crippen molar-refractivity contribution in [1.82, 2.24) is 15.1 Å². The normalized spacial score (nSPS) is 18.5. The molecule has 1 aromatic rings. The third-order valence-electron chi connectivity index (χ3n) is 5.79. The molecule has 0 radical (unpaired) electrons. The van der Waals surface area contributed by atoms with Gasteiger partial charge < -0.3 is 25.4 Å². The minimum atomic E-state index is 0. The number of nitrogens with one attached hydrogen (secondary N) is 1. The first-order chi connectivity index (χ1) is 14.7. The first-order valence-electron chi connectivity index (χ1n) is 11.2. The molecule has 0 atom stereocenters. The van der Waals surface area contributed by atoms with Gasteiger partial charge in [-0.2, -0.15) is 0 Å². The van der Waals surface area contributed by atoms with Gasteiger partial charge in [0.2, 0.25) is 0 Å². The van der Waals surface area contributed by atoms with Crippen LogP contribution < -0.4 is 20.7 Å². The van der Waals surface area contributed by atoms with Crippen molar-refractivity contribution in [1.29, 1.82) is 0 Å². The summed E-state index contributed by atoms with van der Waals surface area (Å²) in [5.41, 5.74) is 7.26. The molecule has 2 saturated heterocycles. The molecule has 8 nitrogen and oxygen atoms in total. The third-order valence-corrected chi connectivity index (χ3v) is 5.79. The van der Waals surface area contributed by atoms with Gasteiger partial charge in [-0.05, 0) is 43.7 Å². The highest BCUT2D eigenvalue weighted by Crippen LogP contribution is 2.20. The summed E-state index contributed by atoms with van der Waals surface area (Å²) in [5.74, 6) is 1.48. The van der Waals surface area contributed by atoms with E-state index < -0.39 is 0 Å². The van der Waals surface area contributed by atoms with Crippen LogP contribution in [0.5, 0.6) is 5.75 Å². The Morgan fingerprint density at radius 2 is 1.65 bits per heavy atom. The molecular formula is C22H39IN6O2. The number of piperazine rings is 1. The smallest absolute Gasteiger partial charge is 0.188 e. The average molecular weight is 546 g/mol. The van der Waals surface area contributed by atoms with Crippen molar-refractivity contribution < 1.29 is 9.47 Å². The molecule has 0 amide bonds. The van der Waals surface area contributed by atoms with E-state index in [2.05, 4.69) is 37.1 Å². The fraction of sp³-hybridized carbons (Fsp3) is 0.682. The fourth-order valence-corrected chi connectivity index (χ4v) is 3.92. The number of guanidine groups is 1. The highest BCUT2D eigenvalue weighted by atomic mass is 127. The molecule has 3 N–H and O–H groups in total. The zero-order valence-electron chi connectivity index (χ0n) is 18.8. The zero-order chi connectivity index (χ0) is 21.0. The Morgan fingerprint density at radius 1 is 1.00 bits per heavy atom. The summed E-state index contributed by atoms with van der Waals surface area (Å²) in [4.78, 5) is 11.8. The molecule has 0 aliphatic carbocycles. The van der Waals surface area contributed by atoms with E-state index in [1.54, 1.807) is 7.11 Å². The van der Waals surface area contributed by atoms with Gasteiger partial charge in [0.15, 0.2) is 5.96 Å². The number of hydrogen-bond donors (Lipinski definition) is 2. The molecule has 0 saturated carbocycles. The maximum atomic E-state index is 5.99. The standard InChI is InChI=1S/C22H38N6O2.HI/c1-29-21-6-4-20(5-7-21)28-14-12-26(13-15-28)10-2-8-24-22(23)25-9-3-11-27-16-18-30-19-17-27;/h4-7H,2-3,8-19H2,1H3,(H3,23,24,25);1H. The molecule has 2 aliphatic heterocycles. The summed E-state index contributed by atoms with van der Waals surface area (Å²) in [6, 6.07) is 8.34. The molecule has 2 fully saturated rings. The van der Waals surface area contributed by atoms with Gasteiger partial charge in [0.1, 0.15) is 5.75 Å². The SMILES string of the molecule is COc1ccc(N2CCN(CCCNC(N)=NCCCN3CCOCC3)CC2)cc1.I. The van der Waals surface area contributed by atoms with Crippen molar-refractivity contribution in [2.45, 2.75) is 12.8 Å². The van der Waals surface area contributed by atoms with Crippen LogP contribution in [0.25, 0.3) is 0 Å². The van der Waals surface area contributed by atoms with Crippen LogP contribution in [-0.4, -0.2) is 102 Å². The van der Waals surface area contributed by atoms with Crippen molar-refractivity contribution in [3.8, 4) is 5.75 Å². The largest absolute Gasteiger partial charge is 0.497 e. The van der Waals surface area contributed by atoms with Crippen LogP contribution >= 0.6 is 24.0 Å². The van der Waals surface area contributed by atoms with Crippen molar-refractivity contribution in [3.63, 3.8) is 0 Å². The molecule has 176 valence electrons. The number of anilines is 1. The first-order valence-corrected chi connectivity index (χ1v) is 11.2. The Bertz CT molecular complexity index is 631. The minimum Gasteiger partial charge on any atom is -0.497 e. The van der Waals surface area contributed by atoms with E-state index in [1.165, 1.54) is 5.69 Å². The van der Waals surface area contributed by atoms with Gasteiger partial charge in [0.05, 0.1) is 20.3 Å². The van der Waals surface area contributed by atoms with Crippen LogP contribution in [0.4, 0.5) is 5.69 Å². The number of hydrogen-bond acceptors (Lipinski definition) is 6. The number of methoxy groups -OCH3 is 1. The summed E-state index contributed by atoms with van der Waals surface area (Å²) < 4.78 is 10.6. The number of nitrogens with zero attached hydrogens (tertiary/aromatic N) is 4. The van der Waals surface area contributed by atoms with Crippen molar-refractivity contribution in [3.05, 3.63) is 24.3 Å². The Labute approximate surface area is 204 Å². The molecule has 0 unspecified atom stereocenters. The number of aliphatic imine (C=N–C) groups is 1. The number of nitrogens with two attached hydrogens (primary N) is 1. The molecule has 2 aliphatic rings. The van der Waals surface area contributed by atoms with Gasteiger partial charge >= 0.3 is 0 Å². The lowest BCUT2D eigenvalue weighted by Gasteiger charge is -2.36. The molecule has 31 heavy (non-hydrogen) atoms. The molecule has 1 aromatic carbocycles. The lowest BCUT2D eigenvalue weighted by molar-refractivity contribution is 0.0377. The third kappa shape index (κ3) is 9.38. The van der Waals surface area contributed by atoms with Gasteiger partial charge in [-0.15, -0.1) is 24.0 Å². The van der Waals surface area contributed by atoms with E-state index in [9.17, 15) is 0 Å². The van der Waals surface area contributed by atoms with Crippen LogP contribution in [0, 0.1) is 0 Å².